The molecule has 7 atom stereocenters. The van der Waals surface area contributed by atoms with Gasteiger partial charge in [-0.05, 0) is 301 Å². The van der Waals surface area contributed by atoms with Crippen LogP contribution >= 0.6 is 28.1 Å². The predicted molar refractivity (Wildman–Crippen MR) is 622 cm³/mol. The maximum atomic E-state index is 6.41. The lowest BCUT2D eigenvalue weighted by atomic mass is 9.72. The Hall–Kier alpha value is -14.1. The van der Waals surface area contributed by atoms with Crippen molar-refractivity contribution in [1.29, 1.82) is 1.28 Å². The molecule has 698 valence electrons. The van der Waals surface area contributed by atoms with Crippen LogP contribution in [0.25, 0.3) is 121 Å². The number of aliphatic imine (C=N–C) groups is 3. The highest BCUT2D eigenvalue weighted by Crippen LogP contribution is 2.59. The second-order valence-corrected chi connectivity index (χ2v) is 42.4. The van der Waals surface area contributed by atoms with Gasteiger partial charge in [-0.1, -0.05) is 418 Å². The minimum atomic E-state index is -0.900. The van der Waals surface area contributed by atoms with E-state index in [0.717, 1.165) is 89.8 Å². The van der Waals surface area contributed by atoms with Crippen LogP contribution in [0.15, 0.2) is 446 Å². The first kappa shape index (κ1) is 91.3. The number of benzene rings is 17. The number of nitrogens with zero attached hydrogens (tertiary/aromatic N) is 6. The summed E-state index contributed by atoms with van der Waals surface area (Å²) < 4.78 is 6.41. The first-order valence-corrected chi connectivity index (χ1v) is 55.1. The Morgan fingerprint density at radius 1 is 0.280 bits per heavy atom. The molecule has 9 heteroatoms. The first-order chi connectivity index (χ1) is 70.4. The Morgan fingerprint density at radius 3 is 0.902 bits per heavy atom. The summed E-state index contributed by atoms with van der Waals surface area (Å²) in [5.74, 6) is 2.83. The van der Waals surface area contributed by atoms with Crippen molar-refractivity contribution >= 4 is 113 Å². The molecule has 0 saturated heterocycles. The van der Waals surface area contributed by atoms with Crippen LogP contribution < -0.4 is 14.7 Å². The zero-order chi connectivity index (χ0) is 98.3. The summed E-state index contributed by atoms with van der Waals surface area (Å²) in [6, 6.07) is 133. The van der Waals surface area contributed by atoms with Crippen molar-refractivity contribution in [3.05, 3.63) is 486 Å². The van der Waals surface area contributed by atoms with E-state index in [2.05, 4.69) is 508 Å². The molecular weight excluding hydrogens is 1860 g/mol. The van der Waals surface area contributed by atoms with Gasteiger partial charge in [-0.2, -0.15) is 0 Å². The number of para-hydroxylation sites is 3. The molecule has 9 aliphatic rings. The van der Waals surface area contributed by atoms with E-state index in [9.17, 15) is 0 Å². The van der Waals surface area contributed by atoms with Gasteiger partial charge in [-0.15, -0.1) is 6.05 Å². The average molecular weight is 1980 g/mol. The highest BCUT2D eigenvalue weighted by Gasteiger charge is 2.47. The maximum Gasteiger partial charge on any atom is 0.136 e. The van der Waals surface area contributed by atoms with E-state index in [1.165, 1.54) is 160 Å². The number of allylic oxidation sites excluding steroid dienone is 6. The molecule has 3 heterocycles. The number of rotatable bonds is 16. The molecule has 0 amide bonds. The smallest absolute Gasteiger partial charge is 0.136 e. The molecule has 6 aliphatic carbocycles. The van der Waals surface area contributed by atoms with E-state index in [-0.39, 0.29) is 57.9 Å². The molecule has 17 aromatic rings. The molecule has 17 aromatic carbocycles. The maximum absolute atomic E-state index is 6.41. The summed E-state index contributed by atoms with van der Waals surface area (Å²) in [6.45, 7) is 21.2. The average Bonchev–Trinajstić information content (AvgIpc) is 1.48. The van der Waals surface area contributed by atoms with Crippen LogP contribution in [-0.4, -0.2) is 62.6 Å². The highest BCUT2D eigenvalue weighted by atomic mass is 127. The Labute approximate surface area is 860 Å². The van der Waals surface area contributed by atoms with Gasteiger partial charge in [0.05, 0.1) is 37.5 Å². The fourth-order valence-corrected chi connectivity index (χ4v) is 25.3. The normalized spacial score (nSPS) is 18.9. The second-order valence-electron chi connectivity index (χ2n) is 40.6. The summed E-state index contributed by atoms with van der Waals surface area (Å²) in [7, 11) is 4.83. The first-order valence-electron chi connectivity index (χ1n) is 51.8. The number of halogens is 1. The molecule has 6 nitrogen and oxygen atoms in total. The number of fused-ring (bicyclic) bond motifs is 16. The van der Waals surface area contributed by atoms with Gasteiger partial charge in [-0.3, -0.25) is 15.0 Å². The van der Waals surface area contributed by atoms with Crippen LogP contribution in [-0.2, 0) is 21.7 Å². The zero-order valence-corrected chi connectivity index (χ0v) is 85.8. The third-order valence-electron chi connectivity index (χ3n) is 32.6. The van der Waals surface area contributed by atoms with E-state index < -0.39 is 6.05 Å². The number of amidine groups is 3. The summed E-state index contributed by atoms with van der Waals surface area (Å²) >= 11 is 1.85. The summed E-state index contributed by atoms with van der Waals surface area (Å²) in [5, 5.41) is 10.3. The molecule has 0 fully saturated rings. The Kier molecular flexibility index (Phi) is 24.4. The molecule has 0 N–H and O–H groups in total. The van der Waals surface area contributed by atoms with Gasteiger partial charge in [0.25, 0.3) is 0 Å². The molecule has 3 aliphatic heterocycles. The van der Waals surface area contributed by atoms with Crippen molar-refractivity contribution in [2.75, 3.05) is 14.7 Å². The van der Waals surface area contributed by atoms with Crippen molar-refractivity contribution in [3.8, 4) is 77.9 Å². The SMILES string of the molecule is C1=CC2N=C(c3cc(C4=NC5C=CC=CC5N4c4ccccc4)cc(C4=NC5C=CC=CC5N4c4ccccc4)c3)N(c3ccccc3)C2C=C1.CC(C)(C)c1ccc2c(-c3ccc4ccccc4c3)c3ccccc3c(-c3ccc4ccccc4c3)c2c1.CCC1(CC)c2ccccc2-c2ccc(-c3ccc4c(c3)C(CC)(CC)c3cc(-c5ccc6c(c5)C(CC)(CC)c5ccccc5-6)ccc3-4)cc21.[3H]P([B])I. The number of anilines is 3. The number of hydrogen-bond acceptors (Lipinski definition) is 6. The van der Waals surface area contributed by atoms with E-state index >= 15 is 0 Å². The van der Waals surface area contributed by atoms with E-state index in [1.807, 2.05) is 22.0 Å². The van der Waals surface area contributed by atoms with Crippen molar-refractivity contribution in [1.82, 2.24) is 0 Å². The lowest BCUT2D eigenvalue weighted by molar-refractivity contribution is 0.490. The fourth-order valence-electron chi connectivity index (χ4n) is 25.3. The Balaban J connectivity index is 0.000000119. The topological polar surface area (TPSA) is 46.8 Å². The van der Waals surface area contributed by atoms with E-state index in [0.29, 0.717) is 0 Å². The lowest BCUT2D eigenvalue weighted by Gasteiger charge is -2.31. The predicted octanol–water partition coefficient (Wildman–Crippen LogP) is 34.4. The van der Waals surface area contributed by atoms with Crippen LogP contribution in [0.4, 0.5) is 17.1 Å². The Bertz CT molecular complexity index is 7770. The lowest BCUT2D eigenvalue weighted by Crippen LogP contribution is -2.41. The van der Waals surface area contributed by atoms with E-state index in [4.69, 9.17) is 23.8 Å². The highest BCUT2D eigenvalue weighted by molar-refractivity contribution is 14.2. The van der Waals surface area contributed by atoms with Crippen LogP contribution in [0, 0.1) is 0 Å². The zero-order valence-electron chi connectivity index (χ0n) is 83.8. The van der Waals surface area contributed by atoms with Crippen LogP contribution in [0.2, 0.25) is 0 Å². The summed E-state index contributed by atoms with van der Waals surface area (Å²) in [4.78, 5) is 23.4. The molecule has 7 unspecified atom stereocenters. The monoisotopic (exact) mass is 1980 g/mol. The molecule has 143 heavy (non-hydrogen) atoms. The third-order valence-corrected chi connectivity index (χ3v) is 32.6. The molecule has 26 rings (SSSR count). The largest absolute Gasteiger partial charge is 0.317 e. The number of hydrogen-bond donors (Lipinski definition) is 0. The fraction of sp³-hybridized carbons (Fsp3) is 0.187. The van der Waals surface area contributed by atoms with Gasteiger partial charge in [0.2, 0.25) is 0 Å². The van der Waals surface area contributed by atoms with Crippen molar-refractivity contribution in [3.63, 3.8) is 0 Å². The molecule has 0 aromatic heterocycles. The van der Waals surface area contributed by atoms with Gasteiger partial charge in [0.1, 0.15) is 25.1 Å². The van der Waals surface area contributed by atoms with Crippen molar-refractivity contribution in [2.24, 2.45) is 15.0 Å². The van der Waals surface area contributed by atoms with Crippen molar-refractivity contribution < 1.29 is 0 Å². The molecule has 2 radical (unpaired) electrons. The van der Waals surface area contributed by atoms with Crippen LogP contribution in [0.5, 0.6) is 0 Å². The van der Waals surface area contributed by atoms with Gasteiger partial charge in [0, 0.05) is 50.0 Å². The standard InChI is InChI=1S/C51H50.C45H36N6.C38H30.BHIP/c1-7-49(8-2)43-19-15-13-17-37(43)39-25-21-33(29-45(39)49)35-23-27-41-42-28-24-36(32-48(42)51(11-5,12-6)47(41)31-35)34-22-26-40-38-18-14-16-20-44(38)50(9-3,10-4)46(40)30-34;1-4-16-34(17-5-1)49-40-25-13-10-22-37(40)46-43(49)31-28-32(44-47-38-23-11-14-26-41(38)50(44)35-18-6-2-7-19-35)30-33(29-31)45-48-39-24-12-15-27-42(39)51(45)36-20-8-3-9-21-36;1-38(2,3)31-20-21-34-35(24-31)37(30-19-17-26-11-5-7-13-28(26)23-30)33-15-9-8-14-32(33)36(34)29-18-16-25-10-4-6-12-27(25)22-29;1-3-2/h13-32H,7-12H2,1-6H3;1-30,37-42H;4-24H,1-3H3;3H/i;;;3T. The quantitative estimate of drug-likeness (QED) is 0.0419. The summed E-state index contributed by atoms with van der Waals surface area (Å²) in [5.41, 5.74) is 36.0. The molecular formula is C134H117BIN6P. The molecule has 0 bridgehead atoms. The Morgan fingerprint density at radius 2 is 0.559 bits per heavy atom. The minimum absolute atomic E-state index is 0.0101. The second kappa shape index (κ2) is 38.3. The van der Waals surface area contributed by atoms with Gasteiger partial charge < -0.3 is 14.7 Å². The van der Waals surface area contributed by atoms with Crippen LogP contribution in [0.3, 0.4) is 0 Å². The van der Waals surface area contributed by atoms with Gasteiger partial charge in [-0.25, -0.2) is 0 Å². The van der Waals surface area contributed by atoms with Crippen LogP contribution in [0.1, 0.15) is 156 Å². The third kappa shape index (κ3) is 15.9. The molecule has 0 spiro atoms. The summed E-state index contributed by atoms with van der Waals surface area (Å²) in [6.07, 6.45) is 32.8. The van der Waals surface area contributed by atoms with Gasteiger partial charge >= 0.3 is 0 Å². The van der Waals surface area contributed by atoms with E-state index in [1.54, 1.807) is 0 Å². The van der Waals surface area contributed by atoms with Crippen molar-refractivity contribution in [2.45, 2.75) is 159 Å². The van der Waals surface area contributed by atoms with Gasteiger partial charge in [0.15, 0.2) is 0 Å². The minimum Gasteiger partial charge on any atom is -0.317 e. The molecule has 0 saturated carbocycles.